The van der Waals surface area contributed by atoms with Gasteiger partial charge in [0.1, 0.15) is 38.8 Å². The van der Waals surface area contributed by atoms with E-state index < -0.39 is 0 Å². The molecule has 0 spiro atoms. The highest BCUT2D eigenvalue weighted by Crippen LogP contribution is 2.39. The van der Waals surface area contributed by atoms with Crippen molar-refractivity contribution < 1.29 is 19.4 Å². The van der Waals surface area contributed by atoms with Gasteiger partial charge in [0.15, 0.2) is 0 Å². The summed E-state index contributed by atoms with van der Waals surface area (Å²) in [4.78, 5) is 29.6. The van der Waals surface area contributed by atoms with Crippen LogP contribution in [-0.2, 0) is 6.61 Å². The highest BCUT2D eigenvalue weighted by atomic mass is 32.1. The summed E-state index contributed by atoms with van der Waals surface area (Å²) in [5, 5.41) is 18.5. The third-order valence-corrected chi connectivity index (χ3v) is 9.66. The van der Waals surface area contributed by atoms with E-state index in [1.807, 2.05) is 68.7 Å². The van der Waals surface area contributed by atoms with Gasteiger partial charge in [-0.25, -0.2) is 19.5 Å². The number of amides is 1. The van der Waals surface area contributed by atoms with Gasteiger partial charge in [0.2, 0.25) is 4.96 Å². The summed E-state index contributed by atoms with van der Waals surface area (Å²) in [6.45, 7) is 6.56. The second kappa shape index (κ2) is 11.6. The van der Waals surface area contributed by atoms with Crippen molar-refractivity contribution >= 4 is 55.1 Å². The molecule has 0 unspecified atom stereocenters. The predicted molar refractivity (Wildman–Crippen MR) is 170 cm³/mol. The van der Waals surface area contributed by atoms with E-state index in [2.05, 4.69) is 5.10 Å². The van der Waals surface area contributed by atoms with Crippen molar-refractivity contribution in [3.63, 3.8) is 0 Å². The molecule has 222 valence electrons. The molecule has 0 radical (unpaired) electrons. The second-order valence-electron chi connectivity index (χ2n) is 11.0. The van der Waals surface area contributed by atoms with Gasteiger partial charge in [0.05, 0.1) is 29.2 Å². The fourth-order valence-electron chi connectivity index (χ4n) is 4.61. The standard InChI is InChI=1S/C30H30N6O4S3/c1-17-34-36-12-23(33-29(36)42-17)27-32-22-10-21(39-5)11-24(25(22)43-27)40-13-20-14-41-26(31-20)18-6-8-19(9-7-18)28(38)35(4)15-30(2,3)16-37/h6-12,14,37H,13,15-16H2,1-5H3. The fourth-order valence-corrected chi connectivity index (χ4v) is 7.11. The monoisotopic (exact) mass is 634 g/mol. The van der Waals surface area contributed by atoms with Crippen LogP contribution < -0.4 is 9.47 Å². The van der Waals surface area contributed by atoms with Gasteiger partial charge < -0.3 is 19.5 Å². The number of methoxy groups -OCH3 is 1. The number of thiazole rings is 2. The van der Waals surface area contributed by atoms with Gasteiger partial charge >= 0.3 is 0 Å². The number of carbonyl (C=O) groups excluding carboxylic acids is 1. The number of fused-ring (bicyclic) bond motifs is 2. The minimum Gasteiger partial charge on any atom is -0.497 e. The van der Waals surface area contributed by atoms with E-state index in [4.69, 9.17) is 24.4 Å². The zero-order valence-corrected chi connectivity index (χ0v) is 26.8. The molecule has 0 fully saturated rings. The van der Waals surface area contributed by atoms with E-state index in [1.165, 1.54) is 34.0 Å². The summed E-state index contributed by atoms with van der Waals surface area (Å²) in [5.41, 5.74) is 3.48. The average Bonchev–Trinajstić information content (AvgIpc) is 3.78. The van der Waals surface area contributed by atoms with Crippen LogP contribution in [0.3, 0.4) is 0 Å². The largest absolute Gasteiger partial charge is 0.497 e. The van der Waals surface area contributed by atoms with Crippen LogP contribution in [0.4, 0.5) is 0 Å². The van der Waals surface area contributed by atoms with Crippen LogP contribution in [0.25, 0.3) is 36.5 Å². The van der Waals surface area contributed by atoms with Gasteiger partial charge in [-0.2, -0.15) is 5.10 Å². The lowest BCUT2D eigenvalue weighted by molar-refractivity contribution is 0.0663. The van der Waals surface area contributed by atoms with Crippen molar-refractivity contribution in [3.05, 3.63) is 64.2 Å². The van der Waals surface area contributed by atoms with Crippen molar-refractivity contribution in [2.75, 3.05) is 27.3 Å². The molecule has 0 aliphatic rings. The van der Waals surface area contributed by atoms with Gasteiger partial charge in [0, 0.05) is 54.3 Å². The van der Waals surface area contributed by atoms with Crippen molar-refractivity contribution in [1.29, 1.82) is 0 Å². The molecular weight excluding hydrogens is 605 g/mol. The summed E-state index contributed by atoms with van der Waals surface area (Å²) >= 11 is 4.57. The maximum absolute atomic E-state index is 12.9. The molecule has 2 aromatic carbocycles. The third kappa shape index (κ3) is 6.11. The molecule has 0 aliphatic heterocycles. The Kier molecular flexibility index (Phi) is 7.90. The highest BCUT2D eigenvalue weighted by Gasteiger charge is 2.23. The Morgan fingerprint density at radius 3 is 2.60 bits per heavy atom. The van der Waals surface area contributed by atoms with Crippen molar-refractivity contribution in [2.24, 2.45) is 5.41 Å². The van der Waals surface area contributed by atoms with Crippen LogP contribution in [0.5, 0.6) is 11.5 Å². The topological polar surface area (TPSA) is 115 Å². The molecule has 0 saturated carbocycles. The number of ether oxygens (including phenoxy) is 2. The number of hydrogen-bond donors (Lipinski definition) is 1. The summed E-state index contributed by atoms with van der Waals surface area (Å²) in [5.74, 6) is 1.23. The van der Waals surface area contributed by atoms with Gasteiger partial charge in [-0.1, -0.05) is 37.3 Å². The molecule has 0 aliphatic carbocycles. The predicted octanol–water partition coefficient (Wildman–Crippen LogP) is 6.18. The number of rotatable bonds is 10. The van der Waals surface area contributed by atoms with Crippen LogP contribution in [0.15, 0.2) is 48.0 Å². The van der Waals surface area contributed by atoms with Gasteiger partial charge in [-0.3, -0.25) is 4.79 Å². The third-order valence-electron chi connectivity index (χ3n) is 6.77. The van der Waals surface area contributed by atoms with Crippen molar-refractivity contribution in [2.45, 2.75) is 27.4 Å². The maximum atomic E-state index is 12.9. The molecule has 1 N–H and O–H groups in total. The Labute approximate surface area is 260 Å². The summed E-state index contributed by atoms with van der Waals surface area (Å²) in [6.07, 6.45) is 1.89. The molecule has 0 saturated heterocycles. The number of carbonyl (C=O) groups is 1. The molecule has 4 heterocycles. The van der Waals surface area contributed by atoms with E-state index in [-0.39, 0.29) is 24.5 Å². The lowest BCUT2D eigenvalue weighted by Gasteiger charge is -2.28. The van der Waals surface area contributed by atoms with Crippen LogP contribution in [0.1, 0.15) is 34.9 Å². The van der Waals surface area contributed by atoms with Gasteiger partial charge in [-0.05, 0) is 19.1 Å². The molecule has 13 heteroatoms. The quantitative estimate of drug-likeness (QED) is 0.190. The first-order valence-corrected chi connectivity index (χ1v) is 16.0. The highest BCUT2D eigenvalue weighted by molar-refractivity contribution is 7.22. The molecule has 43 heavy (non-hydrogen) atoms. The van der Waals surface area contributed by atoms with Crippen LogP contribution in [-0.4, -0.2) is 67.8 Å². The molecule has 6 rings (SSSR count). The molecule has 4 aromatic heterocycles. The van der Waals surface area contributed by atoms with Crippen LogP contribution in [0.2, 0.25) is 0 Å². The lowest BCUT2D eigenvalue weighted by Crippen LogP contribution is -2.37. The smallest absolute Gasteiger partial charge is 0.253 e. The fraction of sp³-hybridized carbons (Fsp3) is 0.300. The Balaban J connectivity index is 1.17. The van der Waals surface area contributed by atoms with Gasteiger partial charge in [-0.15, -0.1) is 22.7 Å². The lowest BCUT2D eigenvalue weighted by atomic mass is 9.94. The second-order valence-corrected chi connectivity index (χ2v) is 14.0. The minimum absolute atomic E-state index is 0.00948. The molecule has 0 bridgehead atoms. The normalized spacial score (nSPS) is 11.9. The van der Waals surface area contributed by atoms with Gasteiger partial charge in [0.25, 0.3) is 5.91 Å². The Morgan fingerprint density at radius 2 is 1.88 bits per heavy atom. The van der Waals surface area contributed by atoms with Crippen LogP contribution in [0, 0.1) is 12.3 Å². The zero-order chi connectivity index (χ0) is 30.3. The first kappa shape index (κ1) is 29.2. The number of aliphatic hydroxyl groups excluding tert-OH is 1. The molecular formula is C30H30N6O4S3. The van der Waals surface area contributed by atoms with E-state index in [1.54, 1.807) is 23.6 Å². The van der Waals surface area contributed by atoms with Crippen molar-refractivity contribution in [3.8, 4) is 32.8 Å². The maximum Gasteiger partial charge on any atom is 0.253 e. The molecule has 0 atom stereocenters. The SMILES string of the molecule is COc1cc(OCc2csc(-c3ccc(C(=O)N(C)CC(C)(C)CO)cc3)n2)c2sc(-c3cn4nc(C)sc4n3)nc2c1. The number of benzene rings is 2. The summed E-state index contributed by atoms with van der Waals surface area (Å²) < 4.78 is 14.5. The molecule has 1 amide bonds. The number of aryl methyl sites for hydroxylation is 1. The van der Waals surface area contributed by atoms with Crippen molar-refractivity contribution in [1.82, 2.24) is 29.5 Å². The number of hydrogen-bond acceptors (Lipinski definition) is 11. The molecule has 6 aromatic rings. The number of aromatic nitrogens is 5. The Hall–Kier alpha value is -3.91. The minimum atomic E-state index is -0.364. The number of nitrogens with zero attached hydrogens (tertiary/aromatic N) is 6. The molecule has 10 nitrogen and oxygen atoms in total. The van der Waals surface area contributed by atoms with E-state index in [9.17, 15) is 9.90 Å². The Morgan fingerprint density at radius 1 is 1.09 bits per heavy atom. The number of aliphatic hydroxyl groups is 1. The summed E-state index contributed by atoms with van der Waals surface area (Å²) in [6, 6.07) is 11.2. The summed E-state index contributed by atoms with van der Waals surface area (Å²) in [7, 11) is 3.37. The Bertz CT molecular complexity index is 1890. The first-order valence-electron chi connectivity index (χ1n) is 13.5. The number of imidazole rings is 1. The van der Waals surface area contributed by atoms with E-state index in [0.29, 0.717) is 23.6 Å². The first-order chi connectivity index (χ1) is 20.6. The van der Waals surface area contributed by atoms with E-state index in [0.717, 1.165) is 47.2 Å². The van der Waals surface area contributed by atoms with Crippen LogP contribution >= 0.6 is 34.0 Å². The average molecular weight is 635 g/mol. The van der Waals surface area contributed by atoms with E-state index >= 15 is 0 Å². The zero-order valence-electron chi connectivity index (χ0n) is 24.3.